The van der Waals surface area contributed by atoms with Crippen molar-refractivity contribution in [3.63, 3.8) is 0 Å². The molecule has 1 heterocycles. The van der Waals surface area contributed by atoms with E-state index in [-0.39, 0.29) is 42.3 Å². The van der Waals surface area contributed by atoms with Crippen LogP contribution in [0.15, 0.2) is 0 Å². The average molecular weight is 514 g/mol. The second-order valence-corrected chi connectivity index (χ2v) is 11.2. The van der Waals surface area contributed by atoms with Crippen LogP contribution in [0.1, 0.15) is 73.6 Å². The van der Waals surface area contributed by atoms with Crippen molar-refractivity contribution in [1.82, 2.24) is 25.8 Å². The van der Waals surface area contributed by atoms with E-state index < -0.39 is 11.6 Å². The second-order valence-electron chi connectivity index (χ2n) is 11.2. The number of carbonyl (C=O) groups is 4. The van der Waals surface area contributed by atoms with E-state index in [0.29, 0.717) is 65.1 Å². The van der Waals surface area contributed by atoms with E-state index in [2.05, 4.69) is 16.0 Å². The largest absolute Gasteiger partial charge is 0.481 e. The molecule has 4 N–H and O–H groups in total. The van der Waals surface area contributed by atoms with Gasteiger partial charge in [0.25, 0.3) is 0 Å². The highest BCUT2D eigenvalue weighted by atomic mass is 16.6. The van der Waals surface area contributed by atoms with E-state index in [1.807, 2.05) is 41.5 Å². The molecule has 1 aliphatic rings. The topological polar surface area (TPSA) is 140 Å². The summed E-state index contributed by atoms with van der Waals surface area (Å²) in [7, 11) is 0. The van der Waals surface area contributed by atoms with E-state index in [1.165, 1.54) is 0 Å². The minimum atomic E-state index is -0.997. The van der Waals surface area contributed by atoms with Crippen LogP contribution in [-0.2, 0) is 19.1 Å². The summed E-state index contributed by atoms with van der Waals surface area (Å²) in [4.78, 5) is 51.3. The fraction of sp³-hybridized carbons (Fsp3) is 0.840. The Morgan fingerprint density at radius 3 is 2.00 bits per heavy atom. The zero-order valence-electron chi connectivity index (χ0n) is 22.9. The van der Waals surface area contributed by atoms with Crippen molar-refractivity contribution in [2.45, 2.75) is 90.8 Å². The molecule has 36 heavy (non-hydrogen) atoms. The molecule has 0 saturated carbocycles. The highest BCUT2D eigenvalue weighted by Gasteiger charge is 2.31. The molecule has 1 saturated heterocycles. The van der Waals surface area contributed by atoms with Crippen molar-refractivity contribution in [3.05, 3.63) is 0 Å². The SMILES string of the molecule is CC(C)(C)NC(=O)CCNCCNCCN(C(=O)CCC(=O)O)C1CCN(C(=O)OC(C)(C)C)CC1. The van der Waals surface area contributed by atoms with Crippen LogP contribution in [0, 0.1) is 0 Å². The van der Waals surface area contributed by atoms with Crippen LogP contribution >= 0.6 is 0 Å². The number of hydrogen-bond acceptors (Lipinski definition) is 7. The van der Waals surface area contributed by atoms with Gasteiger partial charge in [-0.15, -0.1) is 0 Å². The van der Waals surface area contributed by atoms with Crippen molar-refractivity contribution >= 4 is 23.9 Å². The number of carbonyl (C=O) groups excluding carboxylic acids is 3. The second kappa shape index (κ2) is 15.0. The third-order valence-electron chi connectivity index (χ3n) is 5.48. The van der Waals surface area contributed by atoms with E-state index in [9.17, 15) is 19.2 Å². The summed E-state index contributed by atoms with van der Waals surface area (Å²) in [5.74, 6) is -1.17. The first-order valence-corrected chi connectivity index (χ1v) is 12.9. The van der Waals surface area contributed by atoms with Crippen LogP contribution in [0.3, 0.4) is 0 Å². The maximum Gasteiger partial charge on any atom is 0.410 e. The van der Waals surface area contributed by atoms with E-state index in [1.54, 1.807) is 9.80 Å². The summed E-state index contributed by atoms with van der Waals surface area (Å²) < 4.78 is 5.44. The molecule has 0 aliphatic carbocycles. The number of piperidine rings is 1. The fourth-order valence-corrected chi connectivity index (χ4v) is 3.86. The minimum Gasteiger partial charge on any atom is -0.481 e. The molecule has 0 unspecified atom stereocenters. The maximum atomic E-state index is 12.8. The van der Waals surface area contributed by atoms with Gasteiger partial charge in [-0.3, -0.25) is 14.4 Å². The Labute approximate surface area is 215 Å². The van der Waals surface area contributed by atoms with Crippen molar-refractivity contribution < 1.29 is 29.0 Å². The first kappa shape index (κ1) is 31.6. The molecule has 0 spiro atoms. The van der Waals surface area contributed by atoms with Crippen molar-refractivity contribution in [2.24, 2.45) is 0 Å². The molecule has 1 rings (SSSR count). The summed E-state index contributed by atoms with van der Waals surface area (Å²) >= 11 is 0. The molecule has 3 amide bonds. The zero-order valence-corrected chi connectivity index (χ0v) is 22.9. The number of ether oxygens (including phenoxy) is 1. The Morgan fingerprint density at radius 2 is 1.47 bits per heavy atom. The Balaban J connectivity index is 2.44. The van der Waals surface area contributed by atoms with Gasteiger partial charge in [-0.05, 0) is 54.4 Å². The number of likely N-dealkylation sites (tertiary alicyclic amines) is 1. The van der Waals surface area contributed by atoms with Gasteiger partial charge in [0.05, 0.1) is 6.42 Å². The van der Waals surface area contributed by atoms with Crippen LogP contribution in [0.25, 0.3) is 0 Å². The molecule has 0 atom stereocenters. The number of amides is 3. The Morgan fingerprint density at radius 1 is 0.889 bits per heavy atom. The van der Waals surface area contributed by atoms with Gasteiger partial charge in [-0.2, -0.15) is 0 Å². The summed E-state index contributed by atoms with van der Waals surface area (Å²) in [6, 6.07) is -0.0498. The van der Waals surface area contributed by atoms with E-state index in [4.69, 9.17) is 9.84 Å². The van der Waals surface area contributed by atoms with Gasteiger partial charge in [-0.1, -0.05) is 0 Å². The molecule has 0 bridgehead atoms. The molecule has 11 heteroatoms. The average Bonchev–Trinajstić information content (AvgIpc) is 2.74. The zero-order chi connectivity index (χ0) is 27.4. The highest BCUT2D eigenvalue weighted by molar-refractivity contribution is 5.81. The summed E-state index contributed by atoms with van der Waals surface area (Å²) in [6.07, 6.45) is 1.05. The van der Waals surface area contributed by atoms with E-state index in [0.717, 1.165) is 0 Å². The Bertz CT molecular complexity index is 723. The fourth-order valence-electron chi connectivity index (χ4n) is 3.86. The molecule has 1 aliphatic heterocycles. The van der Waals surface area contributed by atoms with E-state index >= 15 is 0 Å². The molecule has 0 radical (unpaired) electrons. The summed E-state index contributed by atoms with van der Waals surface area (Å²) in [6.45, 7) is 15.3. The third kappa shape index (κ3) is 14.2. The van der Waals surface area contributed by atoms with Crippen LogP contribution < -0.4 is 16.0 Å². The number of aliphatic carboxylic acids is 1. The van der Waals surface area contributed by atoms with Crippen molar-refractivity contribution in [2.75, 3.05) is 45.8 Å². The normalized spacial score (nSPS) is 14.9. The predicted molar refractivity (Wildman–Crippen MR) is 138 cm³/mol. The first-order chi connectivity index (χ1) is 16.7. The number of carboxylic acids is 1. The van der Waals surface area contributed by atoms with Gasteiger partial charge in [0.2, 0.25) is 11.8 Å². The van der Waals surface area contributed by atoms with Gasteiger partial charge in [0.15, 0.2) is 0 Å². The smallest absolute Gasteiger partial charge is 0.410 e. The van der Waals surface area contributed by atoms with Gasteiger partial charge < -0.3 is 35.6 Å². The number of nitrogens with one attached hydrogen (secondary N) is 3. The van der Waals surface area contributed by atoms with Crippen LogP contribution in [0.2, 0.25) is 0 Å². The number of carboxylic acid groups (broad SMARTS) is 1. The highest BCUT2D eigenvalue weighted by Crippen LogP contribution is 2.20. The van der Waals surface area contributed by atoms with Crippen LogP contribution in [0.4, 0.5) is 4.79 Å². The molecule has 208 valence electrons. The van der Waals surface area contributed by atoms with Gasteiger partial charge in [0, 0.05) is 70.2 Å². The molecule has 0 aromatic rings. The Hall–Kier alpha value is -2.40. The lowest BCUT2D eigenvalue weighted by Crippen LogP contribution is -2.51. The number of hydrogen-bond donors (Lipinski definition) is 4. The molecule has 0 aromatic carbocycles. The van der Waals surface area contributed by atoms with Crippen molar-refractivity contribution in [1.29, 1.82) is 0 Å². The van der Waals surface area contributed by atoms with Crippen molar-refractivity contribution in [3.8, 4) is 0 Å². The van der Waals surface area contributed by atoms with Crippen LogP contribution in [0.5, 0.6) is 0 Å². The Kier molecular flexibility index (Phi) is 13.2. The monoisotopic (exact) mass is 513 g/mol. The lowest BCUT2D eigenvalue weighted by atomic mass is 10.0. The van der Waals surface area contributed by atoms with Crippen LogP contribution in [-0.4, -0.2) is 102 Å². The third-order valence-corrected chi connectivity index (χ3v) is 5.48. The molecule has 1 fully saturated rings. The number of nitrogens with zero attached hydrogens (tertiary/aromatic N) is 2. The molecular weight excluding hydrogens is 466 g/mol. The predicted octanol–water partition coefficient (Wildman–Crippen LogP) is 1.56. The standard InChI is InChI=1S/C25H47N5O6/c1-24(2,3)28-20(31)9-12-26-13-14-27-15-18-30(21(32)7-8-22(33)34)19-10-16-29(17-11-19)23(35)36-25(4,5)6/h19,26-27H,7-18H2,1-6H3,(H,28,31)(H,33,34). The first-order valence-electron chi connectivity index (χ1n) is 12.9. The van der Waals surface area contributed by atoms with Gasteiger partial charge in [-0.25, -0.2) is 4.79 Å². The van der Waals surface area contributed by atoms with Gasteiger partial charge >= 0.3 is 12.1 Å². The lowest BCUT2D eigenvalue weighted by molar-refractivity contribution is -0.142. The minimum absolute atomic E-state index is 0.0104. The summed E-state index contributed by atoms with van der Waals surface area (Å²) in [5, 5.41) is 18.4. The maximum absolute atomic E-state index is 12.8. The molecule has 0 aromatic heterocycles. The number of rotatable bonds is 13. The summed E-state index contributed by atoms with van der Waals surface area (Å²) in [5.41, 5.74) is -0.801. The van der Waals surface area contributed by atoms with Gasteiger partial charge in [0.1, 0.15) is 5.60 Å². The lowest BCUT2D eigenvalue weighted by Gasteiger charge is -2.39. The molecule has 11 nitrogen and oxygen atoms in total. The quantitative estimate of drug-likeness (QED) is 0.272. The molecular formula is C25H47N5O6.